The Hall–Kier alpha value is -1.51. The van der Waals surface area contributed by atoms with Crippen molar-refractivity contribution in [3.8, 4) is 5.75 Å². The molecule has 4 fully saturated rings. The molecule has 6 rings (SSSR count). The minimum absolute atomic E-state index is 0.0102. The Kier molecular flexibility index (Phi) is 3.79. The maximum Gasteiger partial charge on any atom is 0.227 e. The third-order valence-electron chi connectivity index (χ3n) is 7.54. The zero-order valence-corrected chi connectivity index (χ0v) is 15.2. The van der Waals surface area contributed by atoms with Crippen LogP contribution in [-0.2, 0) is 11.2 Å². The van der Waals surface area contributed by atoms with Crippen LogP contribution in [0.25, 0.3) is 0 Å². The van der Waals surface area contributed by atoms with Gasteiger partial charge in [-0.25, -0.2) is 0 Å². The Labute approximate surface area is 150 Å². The third-order valence-corrected chi connectivity index (χ3v) is 7.54. The van der Waals surface area contributed by atoms with Crippen LogP contribution in [0.1, 0.15) is 62.0 Å². The zero-order valence-electron chi connectivity index (χ0n) is 15.2. The van der Waals surface area contributed by atoms with E-state index in [1.165, 1.54) is 43.2 Å². The van der Waals surface area contributed by atoms with E-state index in [0.717, 1.165) is 48.7 Å². The fraction of sp³-hybridized carbons (Fsp3) is 0.682. The summed E-state index contributed by atoms with van der Waals surface area (Å²) in [7, 11) is 1.73. The first-order valence-electron chi connectivity index (χ1n) is 10.2. The van der Waals surface area contributed by atoms with Crippen LogP contribution < -0.4 is 10.1 Å². The van der Waals surface area contributed by atoms with Gasteiger partial charge in [0.1, 0.15) is 5.75 Å². The summed E-state index contributed by atoms with van der Waals surface area (Å²) in [5.74, 6) is 4.63. The molecule has 134 valence electrons. The van der Waals surface area contributed by atoms with Gasteiger partial charge in [0.2, 0.25) is 5.91 Å². The number of carbonyl (C=O) groups excluding carboxylic acids is 1. The summed E-state index contributed by atoms with van der Waals surface area (Å²) in [5, 5.41) is 3.53. The van der Waals surface area contributed by atoms with Crippen molar-refractivity contribution < 1.29 is 9.53 Å². The van der Waals surface area contributed by atoms with E-state index in [0.29, 0.717) is 6.04 Å². The second kappa shape index (κ2) is 6.03. The van der Waals surface area contributed by atoms with E-state index in [4.69, 9.17) is 4.74 Å². The lowest BCUT2D eigenvalue weighted by Crippen LogP contribution is -2.56. The average Bonchev–Trinajstić information content (AvgIpc) is 2.63. The van der Waals surface area contributed by atoms with Gasteiger partial charge in [0.25, 0.3) is 0 Å². The van der Waals surface area contributed by atoms with Crippen LogP contribution in [0.4, 0.5) is 0 Å². The van der Waals surface area contributed by atoms with Gasteiger partial charge in [0, 0.05) is 6.04 Å². The average molecular weight is 339 g/mol. The molecule has 4 saturated carbocycles. The molecule has 4 bridgehead atoms. The lowest BCUT2D eigenvalue weighted by Gasteiger charge is -2.54. The topological polar surface area (TPSA) is 38.3 Å². The maximum atomic E-state index is 13.2. The molecule has 3 heteroatoms. The molecule has 0 heterocycles. The second-order valence-electron chi connectivity index (χ2n) is 8.94. The highest BCUT2D eigenvalue weighted by atomic mass is 16.5. The molecule has 0 spiro atoms. The summed E-state index contributed by atoms with van der Waals surface area (Å²) < 4.78 is 5.54. The van der Waals surface area contributed by atoms with Crippen molar-refractivity contribution in [2.24, 2.45) is 23.7 Å². The number of fused-ring (bicyclic) bond motifs is 1. The molecule has 1 atom stereocenters. The molecule has 1 aromatic rings. The van der Waals surface area contributed by atoms with Crippen molar-refractivity contribution >= 4 is 5.91 Å². The first kappa shape index (κ1) is 15.7. The number of hydrogen-bond donors (Lipinski definition) is 1. The normalized spacial score (nSPS) is 38.3. The van der Waals surface area contributed by atoms with E-state index >= 15 is 0 Å². The summed E-state index contributed by atoms with van der Waals surface area (Å²) in [4.78, 5) is 13.2. The van der Waals surface area contributed by atoms with E-state index in [2.05, 4.69) is 11.4 Å². The van der Waals surface area contributed by atoms with Crippen LogP contribution >= 0.6 is 0 Å². The number of rotatable bonds is 3. The molecule has 1 aromatic carbocycles. The van der Waals surface area contributed by atoms with Gasteiger partial charge in [0.15, 0.2) is 0 Å². The third kappa shape index (κ3) is 2.58. The molecule has 5 aliphatic carbocycles. The number of carbonyl (C=O) groups is 1. The highest BCUT2D eigenvalue weighted by molar-refractivity contribution is 5.85. The number of ether oxygens (including phenoxy) is 1. The molecule has 25 heavy (non-hydrogen) atoms. The van der Waals surface area contributed by atoms with Crippen LogP contribution in [0.2, 0.25) is 0 Å². The van der Waals surface area contributed by atoms with Crippen molar-refractivity contribution in [1.82, 2.24) is 5.32 Å². The van der Waals surface area contributed by atoms with Crippen LogP contribution in [0.15, 0.2) is 18.2 Å². The largest absolute Gasteiger partial charge is 0.496 e. The van der Waals surface area contributed by atoms with Crippen molar-refractivity contribution in [2.45, 2.75) is 63.3 Å². The second-order valence-corrected chi connectivity index (χ2v) is 8.94. The summed E-state index contributed by atoms with van der Waals surface area (Å²) in [6.45, 7) is 0. The lowest BCUT2D eigenvalue weighted by atomic mass is 9.54. The smallest absolute Gasteiger partial charge is 0.227 e. The maximum absolute atomic E-state index is 13.2. The van der Waals surface area contributed by atoms with Gasteiger partial charge in [0.05, 0.1) is 13.0 Å². The summed E-state index contributed by atoms with van der Waals surface area (Å²) in [6, 6.07) is 6.64. The van der Waals surface area contributed by atoms with Crippen molar-refractivity contribution in [1.29, 1.82) is 0 Å². The van der Waals surface area contributed by atoms with E-state index < -0.39 is 0 Å². The summed E-state index contributed by atoms with van der Waals surface area (Å²) in [6.07, 6.45) is 9.96. The minimum Gasteiger partial charge on any atom is -0.496 e. The fourth-order valence-corrected chi connectivity index (χ4v) is 6.70. The van der Waals surface area contributed by atoms with E-state index in [1.54, 1.807) is 7.11 Å². The Morgan fingerprint density at radius 1 is 1.08 bits per heavy atom. The van der Waals surface area contributed by atoms with Gasteiger partial charge in [-0.1, -0.05) is 12.1 Å². The molecule has 0 saturated heterocycles. The van der Waals surface area contributed by atoms with Crippen molar-refractivity contribution in [3.63, 3.8) is 0 Å². The van der Waals surface area contributed by atoms with Gasteiger partial charge < -0.3 is 10.1 Å². The molecule has 1 amide bonds. The molecular formula is C22H29NO2. The SMILES string of the molecule is COc1cccc2c1CCCC2C(=O)NC1C2CC3CC(C2)CC1C3. The highest BCUT2D eigenvalue weighted by Gasteiger charge is 2.49. The standard InChI is InChI=1S/C22H29NO2/c1-25-20-7-3-4-17-18(20)5-2-6-19(17)22(24)23-21-15-9-13-8-14(11-15)12-16(21)10-13/h3-4,7,13-16,19,21H,2,5-6,8-12H2,1H3,(H,23,24). The van der Waals surface area contributed by atoms with Crippen LogP contribution in [0, 0.1) is 23.7 Å². The van der Waals surface area contributed by atoms with Gasteiger partial charge in [-0.15, -0.1) is 0 Å². The van der Waals surface area contributed by atoms with Crippen LogP contribution in [0.5, 0.6) is 5.75 Å². The Morgan fingerprint density at radius 3 is 2.48 bits per heavy atom. The van der Waals surface area contributed by atoms with Gasteiger partial charge in [-0.05, 0) is 92.2 Å². The van der Waals surface area contributed by atoms with Gasteiger partial charge in [-0.3, -0.25) is 4.79 Å². The number of hydrogen-bond acceptors (Lipinski definition) is 2. The Bertz CT molecular complexity index is 655. The van der Waals surface area contributed by atoms with Crippen LogP contribution in [-0.4, -0.2) is 19.1 Å². The van der Waals surface area contributed by atoms with E-state index in [9.17, 15) is 4.79 Å². The van der Waals surface area contributed by atoms with Gasteiger partial charge >= 0.3 is 0 Å². The van der Waals surface area contributed by atoms with Gasteiger partial charge in [-0.2, -0.15) is 0 Å². The predicted molar refractivity (Wildman–Crippen MR) is 97.6 cm³/mol. The molecule has 5 aliphatic rings. The molecule has 1 N–H and O–H groups in total. The fourth-order valence-electron chi connectivity index (χ4n) is 6.70. The number of benzene rings is 1. The summed E-state index contributed by atoms with van der Waals surface area (Å²) in [5.41, 5.74) is 2.45. The quantitative estimate of drug-likeness (QED) is 0.902. The van der Waals surface area contributed by atoms with Crippen molar-refractivity contribution in [2.75, 3.05) is 7.11 Å². The molecule has 0 aliphatic heterocycles. The molecule has 0 radical (unpaired) electrons. The predicted octanol–water partition coefficient (Wildman–Crippen LogP) is 4.06. The first-order chi connectivity index (χ1) is 12.2. The van der Waals surface area contributed by atoms with Crippen molar-refractivity contribution in [3.05, 3.63) is 29.3 Å². The first-order valence-corrected chi connectivity index (χ1v) is 10.2. The van der Waals surface area contributed by atoms with E-state index in [-0.39, 0.29) is 11.8 Å². The molecule has 3 nitrogen and oxygen atoms in total. The molecule has 0 aromatic heterocycles. The molecular weight excluding hydrogens is 310 g/mol. The van der Waals surface area contributed by atoms with Crippen LogP contribution in [0.3, 0.4) is 0 Å². The van der Waals surface area contributed by atoms with E-state index in [1.807, 2.05) is 12.1 Å². The Morgan fingerprint density at radius 2 is 1.80 bits per heavy atom. The molecule has 1 unspecified atom stereocenters. The Balaban J connectivity index is 1.36. The monoisotopic (exact) mass is 339 g/mol. The number of nitrogens with one attached hydrogen (secondary N) is 1. The summed E-state index contributed by atoms with van der Waals surface area (Å²) >= 11 is 0. The highest BCUT2D eigenvalue weighted by Crippen LogP contribution is 2.53. The number of amides is 1. The lowest BCUT2D eigenvalue weighted by molar-refractivity contribution is -0.126. The number of methoxy groups -OCH3 is 1. The minimum atomic E-state index is 0.0102. The zero-order chi connectivity index (χ0) is 17.0.